The third kappa shape index (κ3) is 3.09. The van der Waals surface area contributed by atoms with Gasteiger partial charge in [-0.1, -0.05) is 38.8 Å². The van der Waals surface area contributed by atoms with Gasteiger partial charge < -0.3 is 5.73 Å². The van der Waals surface area contributed by atoms with Crippen LogP contribution in [-0.4, -0.2) is 5.78 Å². The monoisotopic (exact) mass is 219 g/mol. The second-order valence-corrected chi connectivity index (χ2v) is 4.38. The van der Waals surface area contributed by atoms with Crippen LogP contribution in [0.2, 0.25) is 0 Å². The van der Waals surface area contributed by atoms with E-state index in [-0.39, 0.29) is 5.78 Å². The van der Waals surface area contributed by atoms with Crippen molar-refractivity contribution in [2.75, 3.05) is 5.73 Å². The van der Waals surface area contributed by atoms with E-state index in [1.807, 2.05) is 19.1 Å². The molecule has 0 atom stereocenters. The number of rotatable bonds is 5. The molecule has 2 nitrogen and oxygen atoms in total. The van der Waals surface area contributed by atoms with Gasteiger partial charge in [0.05, 0.1) is 0 Å². The normalized spacial score (nSPS) is 10.8. The third-order valence-electron chi connectivity index (χ3n) is 3.23. The molecule has 88 valence electrons. The van der Waals surface area contributed by atoms with Gasteiger partial charge in [0.25, 0.3) is 0 Å². The van der Waals surface area contributed by atoms with Crippen molar-refractivity contribution in [2.45, 2.75) is 40.0 Å². The molecule has 1 aromatic carbocycles. The van der Waals surface area contributed by atoms with Crippen LogP contribution in [0.15, 0.2) is 18.2 Å². The summed E-state index contributed by atoms with van der Waals surface area (Å²) in [4.78, 5) is 12.0. The molecule has 0 aliphatic heterocycles. The number of hydrogen-bond donors (Lipinski definition) is 1. The van der Waals surface area contributed by atoms with E-state index in [1.165, 1.54) is 0 Å². The molecule has 0 unspecified atom stereocenters. The molecule has 0 spiro atoms. The van der Waals surface area contributed by atoms with Crippen molar-refractivity contribution < 1.29 is 4.79 Å². The Morgan fingerprint density at radius 2 is 1.94 bits per heavy atom. The van der Waals surface area contributed by atoms with Gasteiger partial charge in [-0.25, -0.2) is 0 Å². The number of nitrogens with two attached hydrogens (primary N) is 1. The van der Waals surface area contributed by atoms with Gasteiger partial charge in [-0.15, -0.1) is 0 Å². The molecule has 1 rings (SSSR count). The highest BCUT2D eigenvalue weighted by atomic mass is 16.1. The lowest BCUT2D eigenvalue weighted by Crippen LogP contribution is -2.08. The predicted molar refractivity (Wildman–Crippen MR) is 68.6 cm³/mol. The molecular weight excluding hydrogens is 198 g/mol. The minimum Gasteiger partial charge on any atom is -0.398 e. The van der Waals surface area contributed by atoms with Crippen LogP contribution >= 0.6 is 0 Å². The quantitative estimate of drug-likeness (QED) is 0.607. The van der Waals surface area contributed by atoms with E-state index in [2.05, 4.69) is 13.8 Å². The summed E-state index contributed by atoms with van der Waals surface area (Å²) in [6, 6.07) is 5.58. The Labute approximate surface area is 97.9 Å². The molecule has 0 aromatic heterocycles. The lowest BCUT2D eigenvalue weighted by Gasteiger charge is -2.11. The Bertz CT molecular complexity index is 367. The number of hydrogen-bond acceptors (Lipinski definition) is 2. The number of ketones is 1. The first kappa shape index (κ1) is 12.8. The fourth-order valence-corrected chi connectivity index (χ4v) is 1.77. The summed E-state index contributed by atoms with van der Waals surface area (Å²) >= 11 is 0. The van der Waals surface area contributed by atoms with Crippen LogP contribution in [0, 0.1) is 12.8 Å². The Kier molecular flexibility index (Phi) is 4.53. The van der Waals surface area contributed by atoms with Gasteiger partial charge in [0.2, 0.25) is 0 Å². The predicted octanol–water partition coefficient (Wildman–Crippen LogP) is 3.59. The van der Waals surface area contributed by atoms with Crippen molar-refractivity contribution in [3.63, 3.8) is 0 Å². The van der Waals surface area contributed by atoms with E-state index in [4.69, 9.17) is 5.73 Å². The summed E-state index contributed by atoms with van der Waals surface area (Å²) in [6.45, 7) is 6.21. The first-order valence-corrected chi connectivity index (χ1v) is 5.97. The van der Waals surface area contributed by atoms with Crippen LogP contribution in [0.3, 0.4) is 0 Å². The van der Waals surface area contributed by atoms with Gasteiger partial charge in [0.15, 0.2) is 5.78 Å². The van der Waals surface area contributed by atoms with E-state index >= 15 is 0 Å². The average molecular weight is 219 g/mol. The fourth-order valence-electron chi connectivity index (χ4n) is 1.77. The van der Waals surface area contributed by atoms with Crippen LogP contribution in [0.4, 0.5) is 5.69 Å². The molecule has 0 amide bonds. The highest BCUT2D eigenvalue weighted by Gasteiger charge is 2.12. The summed E-state index contributed by atoms with van der Waals surface area (Å²) < 4.78 is 0. The largest absolute Gasteiger partial charge is 0.398 e. The first-order chi connectivity index (χ1) is 7.58. The summed E-state index contributed by atoms with van der Waals surface area (Å²) in [6.07, 6.45) is 2.75. The standard InChI is InChI=1S/C14H21NO/c1-4-11(5-2)8-14(16)12-7-6-10(3)13(15)9-12/h6-7,9,11H,4-5,8,15H2,1-3H3. The second-order valence-electron chi connectivity index (χ2n) is 4.38. The molecule has 2 N–H and O–H groups in total. The maximum Gasteiger partial charge on any atom is 0.163 e. The zero-order valence-corrected chi connectivity index (χ0v) is 10.4. The van der Waals surface area contributed by atoms with Crippen molar-refractivity contribution in [3.05, 3.63) is 29.3 Å². The minimum atomic E-state index is 0.209. The summed E-state index contributed by atoms with van der Waals surface area (Å²) in [5.74, 6) is 0.704. The van der Waals surface area contributed by atoms with E-state index in [0.717, 1.165) is 24.0 Å². The lowest BCUT2D eigenvalue weighted by molar-refractivity contribution is 0.0959. The molecular formula is C14H21NO. The zero-order valence-electron chi connectivity index (χ0n) is 10.4. The zero-order chi connectivity index (χ0) is 12.1. The van der Waals surface area contributed by atoms with Crippen LogP contribution in [-0.2, 0) is 0 Å². The van der Waals surface area contributed by atoms with Crippen molar-refractivity contribution in [1.82, 2.24) is 0 Å². The van der Waals surface area contributed by atoms with E-state index in [0.29, 0.717) is 18.0 Å². The molecule has 0 heterocycles. The van der Waals surface area contributed by atoms with E-state index in [9.17, 15) is 4.79 Å². The Balaban J connectivity index is 2.76. The van der Waals surface area contributed by atoms with Crippen molar-refractivity contribution in [1.29, 1.82) is 0 Å². The molecule has 0 fully saturated rings. The molecule has 2 heteroatoms. The number of benzene rings is 1. The van der Waals surface area contributed by atoms with Crippen LogP contribution < -0.4 is 5.73 Å². The minimum absolute atomic E-state index is 0.209. The number of carbonyl (C=O) groups is 1. The molecule has 0 aliphatic carbocycles. The molecule has 0 saturated carbocycles. The second kappa shape index (κ2) is 5.69. The van der Waals surface area contributed by atoms with E-state index in [1.54, 1.807) is 6.07 Å². The molecule has 0 radical (unpaired) electrons. The molecule has 0 bridgehead atoms. The molecule has 16 heavy (non-hydrogen) atoms. The van der Waals surface area contributed by atoms with Gasteiger partial charge >= 0.3 is 0 Å². The highest BCUT2D eigenvalue weighted by Crippen LogP contribution is 2.19. The highest BCUT2D eigenvalue weighted by molar-refractivity contribution is 5.97. The van der Waals surface area contributed by atoms with Crippen LogP contribution in [0.25, 0.3) is 0 Å². The van der Waals surface area contributed by atoms with Crippen molar-refractivity contribution in [3.8, 4) is 0 Å². The van der Waals surface area contributed by atoms with Gasteiger partial charge in [-0.05, 0) is 24.5 Å². The van der Waals surface area contributed by atoms with Gasteiger partial charge in [-0.2, -0.15) is 0 Å². The molecule has 1 aromatic rings. The number of Topliss-reactive ketones (excluding diaryl/α,β-unsaturated/α-hetero) is 1. The topological polar surface area (TPSA) is 43.1 Å². The van der Waals surface area contributed by atoms with Gasteiger partial charge in [-0.3, -0.25) is 4.79 Å². The van der Waals surface area contributed by atoms with Gasteiger partial charge in [0, 0.05) is 17.7 Å². The third-order valence-corrected chi connectivity index (χ3v) is 3.23. The molecule has 0 saturated heterocycles. The first-order valence-electron chi connectivity index (χ1n) is 5.97. The van der Waals surface area contributed by atoms with Crippen LogP contribution in [0.1, 0.15) is 49.0 Å². The summed E-state index contributed by atoms with van der Waals surface area (Å²) in [5.41, 5.74) is 8.28. The summed E-state index contributed by atoms with van der Waals surface area (Å²) in [5, 5.41) is 0. The number of carbonyl (C=O) groups excluding carboxylic acids is 1. The number of aryl methyl sites for hydroxylation is 1. The molecule has 0 aliphatic rings. The maximum atomic E-state index is 12.0. The van der Waals surface area contributed by atoms with Crippen molar-refractivity contribution >= 4 is 11.5 Å². The SMILES string of the molecule is CCC(CC)CC(=O)c1ccc(C)c(N)c1. The number of nitrogen functional groups attached to an aromatic ring is 1. The van der Waals surface area contributed by atoms with Crippen molar-refractivity contribution in [2.24, 2.45) is 5.92 Å². The Morgan fingerprint density at radius 3 is 2.44 bits per heavy atom. The van der Waals surface area contributed by atoms with Gasteiger partial charge in [0.1, 0.15) is 0 Å². The average Bonchev–Trinajstić information content (AvgIpc) is 2.29. The number of anilines is 1. The fraction of sp³-hybridized carbons (Fsp3) is 0.500. The maximum absolute atomic E-state index is 12.0. The lowest BCUT2D eigenvalue weighted by atomic mass is 9.93. The van der Waals surface area contributed by atoms with Crippen LogP contribution in [0.5, 0.6) is 0 Å². The Morgan fingerprint density at radius 1 is 1.31 bits per heavy atom. The summed E-state index contributed by atoms with van der Waals surface area (Å²) in [7, 11) is 0. The Hall–Kier alpha value is -1.31. The van der Waals surface area contributed by atoms with E-state index < -0.39 is 0 Å². The smallest absolute Gasteiger partial charge is 0.163 e.